The van der Waals surface area contributed by atoms with E-state index in [-0.39, 0.29) is 27.5 Å². The Balaban J connectivity index is 1.87. The van der Waals surface area contributed by atoms with Gasteiger partial charge in [0, 0.05) is 23.4 Å². The summed E-state index contributed by atoms with van der Waals surface area (Å²) in [5.41, 5.74) is -0.676. The molecule has 0 saturated carbocycles. The number of anilines is 2. The summed E-state index contributed by atoms with van der Waals surface area (Å²) in [5, 5.41) is 27.8. The normalized spacial score (nSPS) is 10.3. The van der Waals surface area contributed by atoms with Gasteiger partial charge in [-0.3, -0.25) is 29.8 Å². The Morgan fingerprint density at radius 3 is 1.94 bits per heavy atom. The first-order valence-electron chi connectivity index (χ1n) is 9.08. The third kappa shape index (κ3) is 4.87. The monoisotopic (exact) mass is 454 g/mol. The maximum absolute atomic E-state index is 12.6. The van der Waals surface area contributed by atoms with Crippen molar-refractivity contribution in [1.82, 2.24) is 0 Å². The molecular weight excluding hydrogens is 440 g/mol. The van der Waals surface area contributed by atoms with Crippen LogP contribution in [0.2, 0.25) is 5.02 Å². The van der Waals surface area contributed by atoms with Gasteiger partial charge < -0.3 is 10.6 Å². The van der Waals surface area contributed by atoms with Crippen LogP contribution in [0.4, 0.5) is 22.7 Å². The number of halogens is 1. The maximum Gasteiger partial charge on any atom is 0.279 e. The lowest BCUT2D eigenvalue weighted by molar-refractivity contribution is -0.395. The third-order valence-electron chi connectivity index (χ3n) is 4.52. The lowest BCUT2D eigenvalue weighted by Crippen LogP contribution is -2.15. The van der Waals surface area contributed by atoms with Crippen molar-refractivity contribution in [3.8, 4) is 0 Å². The minimum Gasteiger partial charge on any atom is -0.322 e. The number of hydrogen-bond donors (Lipinski definition) is 2. The summed E-state index contributed by atoms with van der Waals surface area (Å²) in [5.74, 6) is -1.22. The van der Waals surface area contributed by atoms with Gasteiger partial charge in [0.25, 0.3) is 23.2 Å². The Morgan fingerprint density at radius 1 is 0.812 bits per heavy atom. The van der Waals surface area contributed by atoms with Crippen molar-refractivity contribution in [2.45, 2.75) is 6.92 Å². The summed E-state index contributed by atoms with van der Waals surface area (Å²) >= 11 is 6.13. The summed E-state index contributed by atoms with van der Waals surface area (Å²) in [6, 6.07) is 14.6. The van der Waals surface area contributed by atoms with E-state index in [4.69, 9.17) is 11.6 Å². The minimum absolute atomic E-state index is 0.158. The van der Waals surface area contributed by atoms with Gasteiger partial charge in [0.1, 0.15) is 5.56 Å². The summed E-state index contributed by atoms with van der Waals surface area (Å²) in [4.78, 5) is 45.9. The molecule has 0 fully saturated rings. The number of hydrogen-bond acceptors (Lipinski definition) is 6. The molecule has 0 saturated heterocycles. The number of nitro benzene ring substituents is 2. The van der Waals surface area contributed by atoms with Crippen LogP contribution >= 0.6 is 11.6 Å². The molecule has 0 aliphatic rings. The first-order chi connectivity index (χ1) is 15.2. The van der Waals surface area contributed by atoms with Gasteiger partial charge in [-0.25, -0.2) is 0 Å². The molecule has 0 bridgehead atoms. The predicted molar refractivity (Wildman–Crippen MR) is 118 cm³/mol. The quantitative estimate of drug-likeness (QED) is 0.397. The Morgan fingerprint density at radius 2 is 1.38 bits per heavy atom. The molecule has 0 aromatic heterocycles. The molecule has 0 unspecified atom stereocenters. The van der Waals surface area contributed by atoms with Gasteiger partial charge in [0.05, 0.1) is 26.1 Å². The number of nitrogens with one attached hydrogen (secondary N) is 2. The molecule has 10 nitrogen and oxygen atoms in total. The Kier molecular flexibility index (Phi) is 6.45. The molecule has 162 valence electrons. The number of carbonyl (C=O) groups excluding carboxylic acids is 2. The molecule has 0 radical (unpaired) electrons. The molecule has 0 aliphatic heterocycles. The highest BCUT2D eigenvalue weighted by atomic mass is 35.5. The van der Waals surface area contributed by atoms with Crippen molar-refractivity contribution in [2.24, 2.45) is 0 Å². The Bertz CT molecular complexity index is 1210. The zero-order chi connectivity index (χ0) is 23.4. The molecule has 0 heterocycles. The molecule has 3 aromatic rings. The average Bonchev–Trinajstić information content (AvgIpc) is 2.76. The zero-order valence-corrected chi connectivity index (χ0v) is 17.3. The number of nitro groups is 2. The molecule has 3 aromatic carbocycles. The maximum atomic E-state index is 12.6. The van der Waals surface area contributed by atoms with E-state index in [1.807, 2.05) is 0 Å². The number of nitrogens with zero attached hydrogens (tertiary/aromatic N) is 2. The fourth-order valence-electron chi connectivity index (χ4n) is 2.88. The number of carbonyl (C=O) groups is 2. The second kappa shape index (κ2) is 9.23. The van der Waals surface area contributed by atoms with Gasteiger partial charge in [0.15, 0.2) is 0 Å². The molecule has 2 amide bonds. The summed E-state index contributed by atoms with van der Waals surface area (Å²) in [6.45, 7) is 1.23. The highest BCUT2D eigenvalue weighted by Crippen LogP contribution is 2.30. The fourth-order valence-corrected chi connectivity index (χ4v) is 3.05. The van der Waals surface area contributed by atoms with E-state index >= 15 is 0 Å². The second-order valence-corrected chi connectivity index (χ2v) is 7.03. The molecule has 0 atom stereocenters. The van der Waals surface area contributed by atoms with Crippen LogP contribution in [0.1, 0.15) is 26.3 Å². The molecule has 0 aliphatic carbocycles. The first kappa shape index (κ1) is 22.4. The van der Waals surface area contributed by atoms with Crippen molar-refractivity contribution in [3.63, 3.8) is 0 Å². The number of benzene rings is 3. The van der Waals surface area contributed by atoms with Crippen molar-refractivity contribution in [1.29, 1.82) is 0 Å². The van der Waals surface area contributed by atoms with Crippen LogP contribution in [-0.4, -0.2) is 21.7 Å². The van der Waals surface area contributed by atoms with E-state index in [1.165, 1.54) is 25.1 Å². The van der Waals surface area contributed by atoms with Crippen LogP contribution in [0, 0.1) is 27.2 Å². The van der Waals surface area contributed by atoms with Crippen LogP contribution < -0.4 is 10.6 Å². The molecule has 11 heteroatoms. The van der Waals surface area contributed by atoms with Gasteiger partial charge in [-0.05, 0) is 37.3 Å². The van der Waals surface area contributed by atoms with Crippen LogP contribution in [-0.2, 0) is 0 Å². The smallest absolute Gasteiger partial charge is 0.279 e. The molecule has 32 heavy (non-hydrogen) atoms. The van der Waals surface area contributed by atoms with Crippen molar-refractivity contribution in [3.05, 3.63) is 103 Å². The number of rotatable bonds is 6. The van der Waals surface area contributed by atoms with Crippen molar-refractivity contribution < 1.29 is 19.4 Å². The lowest BCUT2D eigenvalue weighted by Gasteiger charge is -2.11. The van der Waals surface area contributed by atoms with E-state index in [1.54, 1.807) is 30.3 Å². The van der Waals surface area contributed by atoms with Crippen molar-refractivity contribution in [2.75, 3.05) is 10.6 Å². The van der Waals surface area contributed by atoms with Crippen LogP contribution in [0.5, 0.6) is 0 Å². The minimum atomic E-state index is -0.807. The van der Waals surface area contributed by atoms with Crippen molar-refractivity contribution >= 4 is 46.2 Å². The van der Waals surface area contributed by atoms with E-state index in [0.717, 1.165) is 12.1 Å². The van der Waals surface area contributed by atoms with Crippen LogP contribution in [0.15, 0.2) is 60.7 Å². The Hall–Kier alpha value is -4.31. The average molecular weight is 455 g/mol. The highest BCUT2D eigenvalue weighted by Gasteiger charge is 2.25. The first-order valence-corrected chi connectivity index (χ1v) is 9.46. The fraction of sp³-hybridized carbons (Fsp3) is 0.0476. The molecule has 0 spiro atoms. The van der Waals surface area contributed by atoms with E-state index < -0.39 is 33.0 Å². The SMILES string of the molecule is Cc1c([N+](=O)[O-])cc(C(=O)Nc2ccc(Cl)c(NC(=O)c3ccccc3)c2)cc1[N+](=O)[O-]. The summed E-state index contributed by atoms with van der Waals surface area (Å²) < 4.78 is 0. The highest BCUT2D eigenvalue weighted by molar-refractivity contribution is 6.34. The predicted octanol–water partition coefficient (Wildman–Crippen LogP) is 4.97. The third-order valence-corrected chi connectivity index (χ3v) is 4.85. The van der Waals surface area contributed by atoms with Crippen LogP contribution in [0.25, 0.3) is 0 Å². The van der Waals surface area contributed by atoms with E-state index in [9.17, 15) is 29.8 Å². The standard InChI is InChI=1S/C21H15ClN4O6/c1-12-18(25(29)30)9-14(10-19(12)26(31)32)21(28)23-15-7-8-16(22)17(11-15)24-20(27)13-5-3-2-4-6-13/h2-11H,1H3,(H,23,28)(H,24,27). The second-order valence-electron chi connectivity index (χ2n) is 6.62. The van der Waals surface area contributed by atoms with Crippen LogP contribution in [0.3, 0.4) is 0 Å². The summed E-state index contributed by atoms with van der Waals surface area (Å²) in [7, 11) is 0. The lowest BCUT2D eigenvalue weighted by atomic mass is 10.1. The van der Waals surface area contributed by atoms with Gasteiger partial charge in [-0.1, -0.05) is 29.8 Å². The molecular formula is C21H15ClN4O6. The zero-order valence-electron chi connectivity index (χ0n) is 16.5. The largest absolute Gasteiger partial charge is 0.322 e. The molecule has 3 rings (SSSR count). The van der Waals surface area contributed by atoms with Gasteiger partial charge >= 0.3 is 0 Å². The van der Waals surface area contributed by atoms with Gasteiger partial charge in [-0.2, -0.15) is 0 Å². The van der Waals surface area contributed by atoms with E-state index in [2.05, 4.69) is 10.6 Å². The molecule has 2 N–H and O–H groups in total. The van der Waals surface area contributed by atoms with Gasteiger partial charge in [-0.15, -0.1) is 0 Å². The topological polar surface area (TPSA) is 144 Å². The van der Waals surface area contributed by atoms with E-state index in [0.29, 0.717) is 5.56 Å². The Labute approximate surface area is 186 Å². The van der Waals surface area contributed by atoms with Gasteiger partial charge in [0.2, 0.25) is 0 Å². The number of amides is 2. The summed E-state index contributed by atoms with van der Waals surface area (Å²) in [6.07, 6.45) is 0.